The molecule has 2 fully saturated rings. The molecule has 2 aliphatic rings. The number of piperidine rings is 2. The summed E-state index contributed by atoms with van der Waals surface area (Å²) >= 11 is 0. The molecular weight excluding hydrogens is 204 g/mol. The van der Waals surface area contributed by atoms with E-state index in [0.29, 0.717) is 11.8 Å². The van der Waals surface area contributed by atoms with Crippen LogP contribution in [-0.2, 0) is 4.79 Å². The summed E-state index contributed by atoms with van der Waals surface area (Å²) in [6, 6.07) is 0. The van der Waals surface area contributed by atoms with Crippen LogP contribution in [0.2, 0.25) is 0 Å². The summed E-state index contributed by atoms with van der Waals surface area (Å²) in [5.41, 5.74) is 0. The molecule has 0 bridgehead atoms. The number of aliphatic carboxylic acids is 1. The van der Waals surface area contributed by atoms with Crippen molar-refractivity contribution in [1.29, 1.82) is 0 Å². The molecule has 0 aliphatic carbocycles. The van der Waals surface area contributed by atoms with E-state index >= 15 is 0 Å². The molecule has 4 nitrogen and oxygen atoms in total. The van der Waals surface area contributed by atoms with Gasteiger partial charge in [-0.15, -0.1) is 0 Å². The summed E-state index contributed by atoms with van der Waals surface area (Å²) in [7, 11) is 2.02. The first kappa shape index (κ1) is 11.9. The van der Waals surface area contributed by atoms with E-state index in [9.17, 15) is 9.90 Å². The van der Waals surface area contributed by atoms with Gasteiger partial charge in [-0.05, 0) is 57.8 Å². The molecule has 2 rings (SSSR count). The van der Waals surface area contributed by atoms with E-state index in [-0.39, 0.29) is 5.92 Å². The number of hydrogen-bond donors (Lipinski definition) is 2. The van der Waals surface area contributed by atoms with Crippen molar-refractivity contribution in [2.75, 3.05) is 33.2 Å². The minimum atomic E-state index is -0.602. The molecule has 0 saturated carbocycles. The zero-order valence-corrected chi connectivity index (χ0v) is 9.98. The SMILES string of the molecule is CN1CCC(C2CCNCC2)C(C(=O)O)C1. The first-order chi connectivity index (χ1) is 7.68. The number of carboxylic acids is 1. The molecule has 0 radical (unpaired) electrons. The Labute approximate surface area is 97.0 Å². The fourth-order valence-corrected chi connectivity index (χ4v) is 3.23. The predicted octanol–water partition coefficient (Wildman–Crippen LogP) is 0.639. The van der Waals surface area contributed by atoms with Crippen LogP contribution >= 0.6 is 0 Å². The highest BCUT2D eigenvalue weighted by Gasteiger charge is 2.37. The Bertz CT molecular complexity index is 251. The molecule has 0 spiro atoms. The van der Waals surface area contributed by atoms with Gasteiger partial charge in [0.1, 0.15) is 0 Å². The average molecular weight is 226 g/mol. The number of nitrogens with one attached hydrogen (secondary N) is 1. The Kier molecular flexibility index (Phi) is 3.82. The molecule has 4 heteroatoms. The lowest BCUT2D eigenvalue weighted by molar-refractivity contribution is -0.147. The van der Waals surface area contributed by atoms with Crippen LogP contribution < -0.4 is 5.32 Å². The first-order valence-electron chi connectivity index (χ1n) is 6.30. The summed E-state index contributed by atoms with van der Waals surface area (Å²) in [4.78, 5) is 13.5. The quantitative estimate of drug-likeness (QED) is 0.725. The van der Waals surface area contributed by atoms with Crippen molar-refractivity contribution in [3.63, 3.8) is 0 Å². The fraction of sp³-hybridized carbons (Fsp3) is 0.917. The third kappa shape index (κ3) is 2.55. The smallest absolute Gasteiger partial charge is 0.308 e. The molecule has 2 unspecified atom stereocenters. The van der Waals surface area contributed by atoms with Crippen LogP contribution in [0.5, 0.6) is 0 Å². The maximum Gasteiger partial charge on any atom is 0.308 e. The van der Waals surface area contributed by atoms with Gasteiger partial charge < -0.3 is 15.3 Å². The van der Waals surface area contributed by atoms with Gasteiger partial charge in [0.05, 0.1) is 5.92 Å². The number of carboxylic acid groups (broad SMARTS) is 1. The third-order valence-corrected chi connectivity index (χ3v) is 4.18. The first-order valence-corrected chi connectivity index (χ1v) is 6.30. The molecule has 0 aromatic rings. The second-order valence-corrected chi connectivity index (χ2v) is 5.25. The maximum absolute atomic E-state index is 11.3. The molecule has 2 saturated heterocycles. The maximum atomic E-state index is 11.3. The van der Waals surface area contributed by atoms with Crippen molar-refractivity contribution in [3.05, 3.63) is 0 Å². The number of hydrogen-bond acceptors (Lipinski definition) is 3. The normalized spacial score (nSPS) is 33.8. The van der Waals surface area contributed by atoms with Gasteiger partial charge in [-0.3, -0.25) is 4.79 Å². The Morgan fingerprint density at radius 1 is 1.31 bits per heavy atom. The molecular formula is C12H22N2O2. The van der Waals surface area contributed by atoms with E-state index in [2.05, 4.69) is 10.2 Å². The second-order valence-electron chi connectivity index (χ2n) is 5.25. The van der Waals surface area contributed by atoms with Gasteiger partial charge in [-0.1, -0.05) is 0 Å². The highest BCUT2D eigenvalue weighted by atomic mass is 16.4. The fourth-order valence-electron chi connectivity index (χ4n) is 3.23. The van der Waals surface area contributed by atoms with Crippen LogP contribution in [0.3, 0.4) is 0 Å². The van der Waals surface area contributed by atoms with Crippen LogP contribution in [0.15, 0.2) is 0 Å². The summed E-state index contributed by atoms with van der Waals surface area (Å²) in [5, 5.41) is 12.7. The summed E-state index contributed by atoms with van der Waals surface area (Å²) in [6.45, 7) is 3.90. The van der Waals surface area contributed by atoms with Gasteiger partial charge in [0.2, 0.25) is 0 Å². The highest BCUT2D eigenvalue weighted by Crippen LogP contribution is 2.34. The Morgan fingerprint density at radius 2 is 2.00 bits per heavy atom. The van der Waals surface area contributed by atoms with Gasteiger partial charge >= 0.3 is 5.97 Å². The van der Waals surface area contributed by atoms with E-state index < -0.39 is 5.97 Å². The van der Waals surface area contributed by atoms with Gasteiger partial charge in [-0.2, -0.15) is 0 Å². The zero-order valence-electron chi connectivity index (χ0n) is 9.98. The zero-order chi connectivity index (χ0) is 11.5. The molecule has 2 aliphatic heterocycles. The van der Waals surface area contributed by atoms with Gasteiger partial charge in [0.15, 0.2) is 0 Å². The Morgan fingerprint density at radius 3 is 2.62 bits per heavy atom. The summed E-state index contributed by atoms with van der Waals surface area (Å²) in [6.07, 6.45) is 3.36. The predicted molar refractivity (Wildman–Crippen MR) is 62.3 cm³/mol. The lowest BCUT2D eigenvalue weighted by atomic mass is 9.73. The monoisotopic (exact) mass is 226 g/mol. The second kappa shape index (κ2) is 5.15. The summed E-state index contributed by atoms with van der Waals surface area (Å²) < 4.78 is 0. The lowest BCUT2D eigenvalue weighted by Gasteiger charge is -2.40. The highest BCUT2D eigenvalue weighted by molar-refractivity contribution is 5.70. The molecule has 0 amide bonds. The molecule has 0 aromatic carbocycles. The number of likely N-dealkylation sites (tertiary alicyclic amines) is 1. The van der Waals surface area contributed by atoms with Gasteiger partial charge in [0.25, 0.3) is 0 Å². The van der Waals surface area contributed by atoms with Crippen molar-refractivity contribution in [3.8, 4) is 0 Å². The van der Waals surface area contributed by atoms with Crippen molar-refractivity contribution >= 4 is 5.97 Å². The summed E-state index contributed by atoms with van der Waals surface area (Å²) in [5.74, 6) is 0.267. The van der Waals surface area contributed by atoms with Crippen LogP contribution in [-0.4, -0.2) is 49.2 Å². The number of rotatable bonds is 2. The van der Waals surface area contributed by atoms with Crippen LogP contribution in [0.4, 0.5) is 0 Å². The average Bonchev–Trinajstić information content (AvgIpc) is 2.30. The van der Waals surface area contributed by atoms with E-state index in [1.165, 1.54) is 0 Å². The molecule has 2 N–H and O–H groups in total. The van der Waals surface area contributed by atoms with Crippen molar-refractivity contribution < 1.29 is 9.90 Å². The minimum absolute atomic E-state index is 0.151. The van der Waals surface area contributed by atoms with Gasteiger partial charge in [0, 0.05) is 6.54 Å². The van der Waals surface area contributed by atoms with Crippen LogP contribution in [0.25, 0.3) is 0 Å². The lowest BCUT2D eigenvalue weighted by Crippen LogP contribution is -2.46. The molecule has 0 aromatic heterocycles. The van der Waals surface area contributed by atoms with Gasteiger partial charge in [-0.25, -0.2) is 0 Å². The Balaban J connectivity index is 2.02. The van der Waals surface area contributed by atoms with Crippen molar-refractivity contribution in [2.24, 2.45) is 17.8 Å². The van der Waals surface area contributed by atoms with E-state index in [0.717, 1.165) is 45.4 Å². The third-order valence-electron chi connectivity index (χ3n) is 4.18. The minimum Gasteiger partial charge on any atom is -0.481 e. The largest absolute Gasteiger partial charge is 0.481 e. The van der Waals surface area contributed by atoms with E-state index in [1.54, 1.807) is 0 Å². The Hall–Kier alpha value is -0.610. The number of carbonyl (C=O) groups is 1. The molecule has 2 heterocycles. The molecule has 16 heavy (non-hydrogen) atoms. The van der Waals surface area contributed by atoms with Crippen LogP contribution in [0, 0.1) is 17.8 Å². The van der Waals surface area contributed by atoms with E-state index in [1.807, 2.05) is 7.05 Å². The standard InChI is InChI=1S/C12H22N2O2/c1-14-7-4-10(11(8-14)12(15)16)9-2-5-13-6-3-9/h9-11,13H,2-8H2,1H3,(H,15,16). The molecule has 2 atom stereocenters. The topological polar surface area (TPSA) is 52.6 Å². The van der Waals surface area contributed by atoms with Crippen molar-refractivity contribution in [2.45, 2.75) is 19.3 Å². The molecule has 92 valence electrons. The number of nitrogens with zero attached hydrogens (tertiary/aromatic N) is 1. The van der Waals surface area contributed by atoms with Crippen LogP contribution in [0.1, 0.15) is 19.3 Å². The van der Waals surface area contributed by atoms with Crippen molar-refractivity contribution in [1.82, 2.24) is 10.2 Å². The van der Waals surface area contributed by atoms with E-state index in [4.69, 9.17) is 0 Å².